The molecule has 0 radical (unpaired) electrons. The second-order valence-electron chi connectivity index (χ2n) is 4.39. The molecule has 1 unspecified atom stereocenters. The van der Waals surface area contributed by atoms with E-state index in [2.05, 4.69) is 16.4 Å². The summed E-state index contributed by atoms with van der Waals surface area (Å²) in [4.78, 5) is 16.2. The van der Waals surface area contributed by atoms with Crippen LogP contribution in [-0.2, 0) is 0 Å². The number of nitrogens with one attached hydrogen (secondary N) is 1. The summed E-state index contributed by atoms with van der Waals surface area (Å²) in [6.45, 7) is 1.99. The fourth-order valence-electron chi connectivity index (χ4n) is 1.85. The van der Waals surface area contributed by atoms with E-state index < -0.39 is 6.04 Å². The Bertz CT molecular complexity index is 599. The van der Waals surface area contributed by atoms with E-state index in [1.54, 1.807) is 17.6 Å². The first-order valence-corrected chi connectivity index (χ1v) is 7.38. The van der Waals surface area contributed by atoms with Crippen LogP contribution >= 0.6 is 11.3 Å². The monoisotopic (exact) mass is 285 g/mol. The van der Waals surface area contributed by atoms with Crippen LogP contribution in [0.25, 0.3) is 11.3 Å². The van der Waals surface area contributed by atoms with Gasteiger partial charge in [0, 0.05) is 16.5 Å². The molecule has 1 heterocycles. The van der Waals surface area contributed by atoms with Crippen LogP contribution < -0.4 is 5.32 Å². The molecule has 0 bridgehead atoms. The van der Waals surface area contributed by atoms with Gasteiger partial charge in [-0.3, -0.25) is 4.79 Å². The Labute approximate surface area is 122 Å². The summed E-state index contributed by atoms with van der Waals surface area (Å²) in [5, 5.41) is 13.6. The quantitative estimate of drug-likeness (QED) is 0.917. The maximum Gasteiger partial charge on any atom is 0.252 e. The molecule has 102 valence electrons. The van der Waals surface area contributed by atoms with Crippen LogP contribution in [-0.4, -0.2) is 16.9 Å². The van der Waals surface area contributed by atoms with Gasteiger partial charge in [-0.2, -0.15) is 5.26 Å². The average Bonchev–Trinajstić information content (AvgIpc) is 3.01. The van der Waals surface area contributed by atoms with E-state index in [0.29, 0.717) is 12.0 Å². The topological polar surface area (TPSA) is 65.8 Å². The van der Waals surface area contributed by atoms with E-state index in [-0.39, 0.29) is 5.91 Å². The van der Waals surface area contributed by atoms with Crippen molar-refractivity contribution in [1.82, 2.24) is 10.3 Å². The molecule has 2 rings (SSSR count). The Hall–Kier alpha value is -2.19. The van der Waals surface area contributed by atoms with Gasteiger partial charge in [-0.25, -0.2) is 4.98 Å². The predicted octanol–water partition coefficient (Wildman–Crippen LogP) is 3.23. The minimum atomic E-state index is -0.425. The molecule has 0 saturated heterocycles. The molecule has 0 fully saturated rings. The van der Waals surface area contributed by atoms with Crippen LogP contribution in [0.4, 0.5) is 0 Å². The summed E-state index contributed by atoms with van der Waals surface area (Å²) in [7, 11) is 0. The van der Waals surface area contributed by atoms with Gasteiger partial charge in [-0.1, -0.05) is 25.5 Å². The van der Waals surface area contributed by atoms with Crippen molar-refractivity contribution in [1.29, 1.82) is 5.26 Å². The molecule has 1 amide bonds. The maximum absolute atomic E-state index is 12.0. The van der Waals surface area contributed by atoms with E-state index in [1.165, 1.54) is 11.3 Å². The van der Waals surface area contributed by atoms with Crippen molar-refractivity contribution in [2.45, 2.75) is 25.8 Å². The number of thiazole rings is 1. The zero-order chi connectivity index (χ0) is 14.4. The smallest absolute Gasteiger partial charge is 0.252 e. The zero-order valence-corrected chi connectivity index (χ0v) is 12.0. The molecule has 5 heteroatoms. The molecule has 0 spiro atoms. The summed E-state index contributed by atoms with van der Waals surface area (Å²) in [6.07, 6.45) is 1.53. The van der Waals surface area contributed by atoms with Crippen molar-refractivity contribution < 1.29 is 4.79 Å². The van der Waals surface area contributed by atoms with Gasteiger partial charge in [0.1, 0.15) is 6.04 Å². The number of aromatic nitrogens is 1. The minimum absolute atomic E-state index is 0.213. The van der Waals surface area contributed by atoms with Crippen LogP contribution in [0.5, 0.6) is 0 Å². The van der Waals surface area contributed by atoms with Gasteiger partial charge in [0.05, 0.1) is 17.3 Å². The Morgan fingerprint density at radius 2 is 2.20 bits per heavy atom. The molecule has 1 N–H and O–H groups in total. The first kappa shape index (κ1) is 14.2. The van der Waals surface area contributed by atoms with Crippen LogP contribution in [0.1, 0.15) is 30.1 Å². The third-order valence-electron chi connectivity index (χ3n) is 2.91. The van der Waals surface area contributed by atoms with Crippen molar-refractivity contribution in [2.75, 3.05) is 0 Å². The van der Waals surface area contributed by atoms with Crippen molar-refractivity contribution in [3.63, 3.8) is 0 Å². The van der Waals surface area contributed by atoms with Gasteiger partial charge in [-0.15, -0.1) is 11.3 Å². The number of amides is 1. The number of hydrogen-bond donors (Lipinski definition) is 1. The molecule has 0 aliphatic carbocycles. The summed E-state index contributed by atoms with van der Waals surface area (Å²) < 4.78 is 0. The molecular weight excluding hydrogens is 270 g/mol. The number of carbonyl (C=O) groups is 1. The lowest BCUT2D eigenvalue weighted by Gasteiger charge is -2.10. The third-order valence-corrected chi connectivity index (χ3v) is 3.50. The molecule has 0 aliphatic heterocycles. The number of rotatable bonds is 5. The second-order valence-corrected chi connectivity index (χ2v) is 5.11. The molecular formula is C15H15N3OS. The Morgan fingerprint density at radius 3 is 2.75 bits per heavy atom. The van der Waals surface area contributed by atoms with Gasteiger partial charge in [0.25, 0.3) is 5.91 Å². The fourth-order valence-corrected chi connectivity index (χ4v) is 2.41. The van der Waals surface area contributed by atoms with Crippen molar-refractivity contribution in [2.24, 2.45) is 0 Å². The van der Waals surface area contributed by atoms with Crippen LogP contribution in [0.2, 0.25) is 0 Å². The molecule has 20 heavy (non-hydrogen) atoms. The third kappa shape index (κ3) is 3.43. The summed E-state index contributed by atoms with van der Waals surface area (Å²) in [5.74, 6) is -0.213. The predicted molar refractivity (Wildman–Crippen MR) is 79.3 cm³/mol. The van der Waals surface area contributed by atoms with E-state index in [9.17, 15) is 4.79 Å². The largest absolute Gasteiger partial charge is 0.336 e. The van der Waals surface area contributed by atoms with Crippen LogP contribution in [0.3, 0.4) is 0 Å². The van der Waals surface area contributed by atoms with E-state index in [4.69, 9.17) is 5.26 Å². The number of carbonyl (C=O) groups excluding carboxylic acids is 1. The molecule has 1 atom stereocenters. The van der Waals surface area contributed by atoms with Gasteiger partial charge < -0.3 is 5.32 Å². The van der Waals surface area contributed by atoms with Crippen LogP contribution in [0, 0.1) is 11.3 Å². The Kier molecular flexibility index (Phi) is 4.85. The average molecular weight is 285 g/mol. The van der Waals surface area contributed by atoms with Gasteiger partial charge in [0.2, 0.25) is 0 Å². The SMILES string of the molecule is CCCC(C#N)NC(=O)c1ccc(-c2cscn2)cc1. The highest BCUT2D eigenvalue weighted by Gasteiger charge is 2.12. The standard InChI is InChI=1S/C15H15N3OS/c1-2-3-13(8-16)18-15(19)12-6-4-11(5-7-12)14-9-20-10-17-14/h4-7,9-10,13H,2-3H2,1H3,(H,18,19). The lowest BCUT2D eigenvalue weighted by atomic mass is 10.1. The lowest BCUT2D eigenvalue weighted by molar-refractivity contribution is 0.0944. The Balaban J connectivity index is 2.06. The number of hydrogen-bond acceptors (Lipinski definition) is 4. The lowest BCUT2D eigenvalue weighted by Crippen LogP contribution is -2.33. The zero-order valence-electron chi connectivity index (χ0n) is 11.2. The van der Waals surface area contributed by atoms with Crippen molar-refractivity contribution in [3.8, 4) is 17.3 Å². The highest BCUT2D eigenvalue weighted by Crippen LogP contribution is 2.19. The van der Waals surface area contributed by atoms with E-state index >= 15 is 0 Å². The molecule has 1 aromatic heterocycles. The first-order chi connectivity index (χ1) is 9.74. The van der Waals surface area contributed by atoms with Crippen molar-refractivity contribution >= 4 is 17.2 Å². The second kappa shape index (κ2) is 6.83. The van der Waals surface area contributed by atoms with Gasteiger partial charge in [-0.05, 0) is 18.6 Å². The number of nitriles is 1. The number of benzene rings is 1. The minimum Gasteiger partial charge on any atom is -0.336 e. The Morgan fingerprint density at radius 1 is 1.45 bits per heavy atom. The molecule has 2 aromatic rings. The molecule has 0 aliphatic rings. The van der Waals surface area contributed by atoms with Gasteiger partial charge in [0.15, 0.2) is 0 Å². The summed E-state index contributed by atoms with van der Waals surface area (Å²) >= 11 is 1.54. The van der Waals surface area contributed by atoms with Crippen LogP contribution in [0.15, 0.2) is 35.2 Å². The van der Waals surface area contributed by atoms with Crippen molar-refractivity contribution in [3.05, 3.63) is 40.7 Å². The van der Waals surface area contributed by atoms with E-state index in [1.807, 2.05) is 24.4 Å². The summed E-state index contributed by atoms with van der Waals surface area (Å²) in [6, 6.07) is 8.91. The fraction of sp³-hybridized carbons (Fsp3) is 0.267. The normalized spacial score (nSPS) is 11.6. The van der Waals surface area contributed by atoms with E-state index in [0.717, 1.165) is 17.7 Å². The molecule has 0 saturated carbocycles. The summed E-state index contributed by atoms with van der Waals surface area (Å²) in [5.41, 5.74) is 4.22. The molecule has 4 nitrogen and oxygen atoms in total. The van der Waals surface area contributed by atoms with Gasteiger partial charge >= 0.3 is 0 Å². The number of nitrogens with zero attached hydrogens (tertiary/aromatic N) is 2. The highest BCUT2D eigenvalue weighted by atomic mass is 32.1. The molecule has 1 aromatic carbocycles. The first-order valence-electron chi connectivity index (χ1n) is 6.43. The maximum atomic E-state index is 12.0. The highest BCUT2D eigenvalue weighted by molar-refractivity contribution is 7.07.